The third-order valence-electron chi connectivity index (χ3n) is 4.93. The Bertz CT molecular complexity index is 1040. The summed E-state index contributed by atoms with van der Waals surface area (Å²) >= 11 is 6.15. The number of hydrogen-bond donors (Lipinski definition) is 0. The molecule has 0 atom stereocenters. The van der Waals surface area contributed by atoms with Crippen molar-refractivity contribution in [1.29, 1.82) is 0 Å². The molecule has 0 saturated carbocycles. The molecule has 0 radical (unpaired) electrons. The summed E-state index contributed by atoms with van der Waals surface area (Å²) in [4.78, 5) is 27.7. The lowest BCUT2D eigenvalue weighted by Crippen LogP contribution is -2.33. The van der Waals surface area contributed by atoms with E-state index in [2.05, 4.69) is 15.0 Å². The van der Waals surface area contributed by atoms with Gasteiger partial charge in [-0.2, -0.15) is 0 Å². The average molecular weight is 379 g/mol. The fourth-order valence-corrected chi connectivity index (χ4v) is 3.71. The van der Waals surface area contributed by atoms with E-state index in [4.69, 9.17) is 11.6 Å². The number of nitrogens with zero attached hydrogens (tertiary/aromatic N) is 4. The summed E-state index contributed by atoms with van der Waals surface area (Å²) < 4.78 is 0. The number of amides is 1. The maximum Gasteiger partial charge on any atom is 0.241 e. The van der Waals surface area contributed by atoms with Gasteiger partial charge in [0.05, 0.1) is 16.8 Å². The molecule has 136 valence electrons. The molecule has 0 fully saturated rings. The van der Waals surface area contributed by atoms with Crippen molar-refractivity contribution in [3.05, 3.63) is 65.0 Å². The van der Waals surface area contributed by atoms with Gasteiger partial charge in [-0.15, -0.1) is 0 Å². The normalized spacial score (nSPS) is 15.1. The van der Waals surface area contributed by atoms with Crippen LogP contribution >= 0.6 is 11.6 Å². The molecule has 2 aromatic heterocycles. The van der Waals surface area contributed by atoms with Crippen LogP contribution in [0, 0.1) is 13.8 Å². The van der Waals surface area contributed by atoms with Crippen molar-refractivity contribution in [3.8, 4) is 11.1 Å². The monoisotopic (exact) mass is 378 g/mol. The molecule has 5 nitrogen and oxygen atoms in total. The SMILES string of the molecule is Cc1cc(N2C(=O)C(C)(C)c3ccc(-c4cnc(C)nc4)cc32)cc(Cl)n1. The van der Waals surface area contributed by atoms with Crippen LogP contribution < -0.4 is 4.90 Å². The Kier molecular flexibility index (Phi) is 4.00. The Balaban J connectivity index is 1.90. The van der Waals surface area contributed by atoms with Gasteiger partial charge in [-0.3, -0.25) is 9.69 Å². The second-order valence-electron chi connectivity index (χ2n) is 7.31. The number of hydrogen-bond acceptors (Lipinski definition) is 4. The highest BCUT2D eigenvalue weighted by molar-refractivity contribution is 6.30. The van der Waals surface area contributed by atoms with E-state index in [1.165, 1.54) is 0 Å². The van der Waals surface area contributed by atoms with Crippen LogP contribution in [0.1, 0.15) is 30.9 Å². The molecule has 0 N–H and O–H groups in total. The van der Waals surface area contributed by atoms with Gasteiger partial charge in [-0.1, -0.05) is 23.7 Å². The predicted molar refractivity (Wildman–Crippen MR) is 106 cm³/mol. The maximum absolute atomic E-state index is 13.2. The van der Waals surface area contributed by atoms with Crippen molar-refractivity contribution >= 4 is 28.9 Å². The Labute approximate surface area is 163 Å². The number of fused-ring (bicyclic) bond motifs is 1. The standard InChI is InChI=1S/C21H19ClN4O/c1-12-7-16(9-19(22)25-12)26-18-8-14(15-10-23-13(2)24-11-15)5-6-17(18)21(3,4)20(26)27/h5-11H,1-4H3. The number of aryl methyl sites for hydroxylation is 2. The first kappa shape index (κ1) is 17.6. The van der Waals surface area contributed by atoms with E-state index in [0.717, 1.165) is 39.6 Å². The second kappa shape index (κ2) is 6.13. The highest BCUT2D eigenvalue weighted by atomic mass is 35.5. The van der Waals surface area contributed by atoms with Crippen molar-refractivity contribution in [2.24, 2.45) is 0 Å². The minimum atomic E-state index is -0.624. The van der Waals surface area contributed by atoms with E-state index >= 15 is 0 Å². The molecule has 1 aliphatic rings. The van der Waals surface area contributed by atoms with E-state index in [-0.39, 0.29) is 5.91 Å². The van der Waals surface area contributed by atoms with Crippen LogP contribution in [0.15, 0.2) is 42.7 Å². The lowest BCUT2D eigenvalue weighted by Gasteiger charge is -2.21. The van der Waals surface area contributed by atoms with E-state index in [0.29, 0.717) is 5.15 Å². The number of aromatic nitrogens is 3. The summed E-state index contributed by atoms with van der Waals surface area (Å²) in [7, 11) is 0. The Hall–Kier alpha value is -2.79. The van der Waals surface area contributed by atoms with Gasteiger partial charge in [0.1, 0.15) is 11.0 Å². The van der Waals surface area contributed by atoms with Crippen molar-refractivity contribution in [2.75, 3.05) is 4.90 Å². The average Bonchev–Trinajstić information content (AvgIpc) is 2.81. The second-order valence-corrected chi connectivity index (χ2v) is 7.69. The summed E-state index contributed by atoms with van der Waals surface area (Å²) in [6.07, 6.45) is 3.59. The minimum Gasteiger partial charge on any atom is -0.280 e. The third kappa shape index (κ3) is 2.88. The molecule has 3 heterocycles. The van der Waals surface area contributed by atoms with Crippen molar-refractivity contribution in [1.82, 2.24) is 15.0 Å². The summed E-state index contributed by atoms with van der Waals surface area (Å²) in [6.45, 7) is 7.60. The van der Waals surface area contributed by atoms with Crippen LogP contribution in [0.4, 0.5) is 11.4 Å². The zero-order chi connectivity index (χ0) is 19.3. The third-order valence-corrected chi connectivity index (χ3v) is 5.12. The van der Waals surface area contributed by atoms with Gasteiger partial charge in [-0.25, -0.2) is 15.0 Å². The molecular formula is C21H19ClN4O. The van der Waals surface area contributed by atoms with Gasteiger partial charge in [0.25, 0.3) is 0 Å². The van der Waals surface area contributed by atoms with Gasteiger partial charge < -0.3 is 0 Å². The quantitative estimate of drug-likeness (QED) is 0.603. The van der Waals surface area contributed by atoms with Gasteiger partial charge in [0.2, 0.25) is 5.91 Å². The molecule has 6 heteroatoms. The van der Waals surface area contributed by atoms with Gasteiger partial charge >= 0.3 is 0 Å². The summed E-state index contributed by atoms with van der Waals surface area (Å²) in [5, 5.41) is 0.368. The largest absolute Gasteiger partial charge is 0.280 e. The van der Waals surface area contributed by atoms with E-state index in [9.17, 15) is 4.79 Å². The molecule has 27 heavy (non-hydrogen) atoms. The van der Waals surface area contributed by atoms with Crippen LogP contribution in [-0.4, -0.2) is 20.9 Å². The first-order chi connectivity index (χ1) is 12.8. The van der Waals surface area contributed by atoms with E-state index in [1.807, 2.05) is 52.0 Å². The predicted octanol–water partition coefficient (Wildman–Crippen LogP) is 4.76. The molecular weight excluding hydrogens is 360 g/mol. The number of anilines is 2. The smallest absolute Gasteiger partial charge is 0.241 e. The highest BCUT2D eigenvalue weighted by Gasteiger charge is 2.44. The molecule has 3 aromatic rings. The van der Waals surface area contributed by atoms with Crippen molar-refractivity contribution < 1.29 is 4.79 Å². The van der Waals surface area contributed by atoms with Crippen LogP contribution in [-0.2, 0) is 10.2 Å². The van der Waals surface area contributed by atoms with Crippen LogP contribution in [0.25, 0.3) is 11.1 Å². The molecule has 1 aromatic carbocycles. The summed E-state index contributed by atoms with van der Waals surface area (Å²) in [5.74, 6) is 0.733. The number of pyridine rings is 1. The maximum atomic E-state index is 13.2. The number of halogens is 1. The van der Waals surface area contributed by atoms with Gasteiger partial charge in [0.15, 0.2) is 0 Å². The fraction of sp³-hybridized carbons (Fsp3) is 0.238. The Morgan fingerprint density at radius 2 is 1.70 bits per heavy atom. The summed E-state index contributed by atoms with van der Waals surface area (Å²) in [6, 6.07) is 9.63. The molecule has 1 amide bonds. The molecule has 0 saturated heterocycles. The lowest BCUT2D eigenvalue weighted by molar-refractivity contribution is -0.121. The lowest BCUT2D eigenvalue weighted by atomic mass is 9.85. The number of carbonyl (C=O) groups is 1. The van der Waals surface area contributed by atoms with Crippen molar-refractivity contribution in [2.45, 2.75) is 33.1 Å². The molecule has 1 aliphatic heterocycles. The van der Waals surface area contributed by atoms with Crippen LogP contribution in [0.3, 0.4) is 0 Å². The topological polar surface area (TPSA) is 59.0 Å². The molecule has 0 bridgehead atoms. The van der Waals surface area contributed by atoms with E-state index in [1.54, 1.807) is 23.4 Å². The highest BCUT2D eigenvalue weighted by Crippen LogP contribution is 2.47. The zero-order valence-electron chi connectivity index (χ0n) is 15.6. The Morgan fingerprint density at radius 1 is 1.00 bits per heavy atom. The van der Waals surface area contributed by atoms with Crippen LogP contribution in [0.2, 0.25) is 5.15 Å². The van der Waals surface area contributed by atoms with Gasteiger partial charge in [0, 0.05) is 23.7 Å². The zero-order valence-corrected chi connectivity index (χ0v) is 16.4. The molecule has 0 aliphatic carbocycles. The first-order valence-electron chi connectivity index (χ1n) is 8.69. The van der Waals surface area contributed by atoms with Crippen LogP contribution in [0.5, 0.6) is 0 Å². The molecule has 0 unspecified atom stereocenters. The molecule has 0 spiro atoms. The number of benzene rings is 1. The summed E-state index contributed by atoms with van der Waals surface area (Å²) in [5.41, 5.74) is 4.56. The Morgan fingerprint density at radius 3 is 2.37 bits per heavy atom. The number of rotatable bonds is 2. The first-order valence-corrected chi connectivity index (χ1v) is 9.07. The fourth-order valence-electron chi connectivity index (χ4n) is 3.47. The minimum absolute atomic E-state index is 0.0106. The van der Waals surface area contributed by atoms with Crippen molar-refractivity contribution in [3.63, 3.8) is 0 Å². The van der Waals surface area contributed by atoms with Gasteiger partial charge in [-0.05, 0) is 57.0 Å². The molecule has 4 rings (SSSR count). The van der Waals surface area contributed by atoms with E-state index < -0.39 is 5.41 Å². The number of carbonyl (C=O) groups excluding carboxylic acids is 1.